The van der Waals surface area contributed by atoms with Gasteiger partial charge in [0.2, 0.25) is 5.95 Å². The standard InChI is InChI=1S/C14H15N5O6S/c1-23-13-16-11(17-14(18-13)24-2)15-12(20)19-26(21,22)10-5-3-4-8-6-25-7-9(8)10/h3-5H,6-7H2,1-2H3,(H2,15,16,17,18,19,20). The van der Waals surface area contributed by atoms with Gasteiger partial charge < -0.3 is 14.2 Å². The molecular formula is C14H15N5O6S. The largest absolute Gasteiger partial charge is 0.467 e. The molecule has 1 aliphatic heterocycles. The zero-order valence-corrected chi connectivity index (χ0v) is 14.7. The van der Waals surface area contributed by atoms with Crippen molar-refractivity contribution >= 4 is 22.0 Å². The van der Waals surface area contributed by atoms with Gasteiger partial charge in [0.05, 0.1) is 32.3 Å². The van der Waals surface area contributed by atoms with E-state index in [-0.39, 0.29) is 29.5 Å². The summed E-state index contributed by atoms with van der Waals surface area (Å²) in [6, 6.07) is 3.50. The van der Waals surface area contributed by atoms with Crippen LogP contribution in [0.1, 0.15) is 11.1 Å². The summed E-state index contributed by atoms with van der Waals surface area (Å²) < 4.78 is 41.9. The average molecular weight is 381 g/mol. The highest BCUT2D eigenvalue weighted by Crippen LogP contribution is 2.26. The minimum Gasteiger partial charge on any atom is -0.467 e. The van der Waals surface area contributed by atoms with E-state index in [9.17, 15) is 13.2 Å². The van der Waals surface area contributed by atoms with Gasteiger partial charge in [-0.1, -0.05) is 12.1 Å². The number of rotatable bonds is 5. The van der Waals surface area contributed by atoms with E-state index in [4.69, 9.17) is 14.2 Å². The first-order valence-electron chi connectivity index (χ1n) is 7.29. The van der Waals surface area contributed by atoms with Crippen molar-refractivity contribution in [2.45, 2.75) is 18.1 Å². The quantitative estimate of drug-likeness (QED) is 0.754. The minimum atomic E-state index is -4.11. The summed E-state index contributed by atoms with van der Waals surface area (Å²) in [4.78, 5) is 23.4. The Morgan fingerprint density at radius 2 is 1.81 bits per heavy atom. The van der Waals surface area contributed by atoms with Crippen LogP contribution in [0.25, 0.3) is 0 Å². The number of methoxy groups -OCH3 is 2. The second kappa shape index (κ2) is 7.09. The molecule has 2 N–H and O–H groups in total. The number of benzene rings is 1. The zero-order chi connectivity index (χ0) is 18.7. The number of amides is 2. The number of carbonyl (C=O) groups is 1. The Balaban J connectivity index is 1.79. The molecule has 0 spiro atoms. The van der Waals surface area contributed by atoms with Crippen LogP contribution in [0.15, 0.2) is 23.1 Å². The van der Waals surface area contributed by atoms with Gasteiger partial charge in [-0.05, 0) is 11.6 Å². The molecule has 0 atom stereocenters. The highest BCUT2D eigenvalue weighted by Gasteiger charge is 2.26. The topological polar surface area (TPSA) is 142 Å². The lowest BCUT2D eigenvalue weighted by atomic mass is 10.1. The van der Waals surface area contributed by atoms with E-state index in [0.717, 1.165) is 5.56 Å². The summed E-state index contributed by atoms with van der Waals surface area (Å²) >= 11 is 0. The van der Waals surface area contributed by atoms with E-state index in [1.54, 1.807) is 12.1 Å². The van der Waals surface area contributed by atoms with Gasteiger partial charge >= 0.3 is 18.1 Å². The molecule has 26 heavy (non-hydrogen) atoms. The molecule has 0 saturated heterocycles. The van der Waals surface area contributed by atoms with Gasteiger partial charge in [0, 0.05) is 5.56 Å². The molecule has 0 saturated carbocycles. The summed E-state index contributed by atoms with van der Waals surface area (Å²) in [5.74, 6) is -0.233. The third kappa shape index (κ3) is 3.65. The molecule has 0 aliphatic carbocycles. The Kier molecular flexibility index (Phi) is 4.86. The fraction of sp³-hybridized carbons (Fsp3) is 0.286. The van der Waals surface area contributed by atoms with E-state index in [1.807, 2.05) is 4.72 Å². The highest BCUT2D eigenvalue weighted by atomic mass is 32.2. The fourth-order valence-corrected chi connectivity index (χ4v) is 3.48. The molecule has 2 amide bonds. The molecule has 0 fully saturated rings. The lowest BCUT2D eigenvalue weighted by Crippen LogP contribution is -2.35. The van der Waals surface area contributed by atoms with Crippen LogP contribution in [-0.4, -0.2) is 43.6 Å². The van der Waals surface area contributed by atoms with Crippen molar-refractivity contribution in [1.29, 1.82) is 0 Å². The third-order valence-electron chi connectivity index (χ3n) is 3.44. The van der Waals surface area contributed by atoms with Crippen molar-refractivity contribution < 1.29 is 27.4 Å². The Labute approximate surface area is 148 Å². The first-order chi connectivity index (χ1) is 12.4. The number of sulfonamides is 1. The molecule has 138 valence electrons. The molecule has 1 aromatic heterocycles. The number of aromatic nitrogens is 3. The van der Waals surface area contributed by atoms with Crippen molar-refractivity contribution in [2.75, 3.05) is 19.5 Å². The van der Waals surface area contributed by atoms with Gasteiger partial charge in [-0.15, -0.1) is 4.98 Å². The van der Waals surface area contributed by atoms with Crippen molar-refractivity contribution in [3.8, 4) is 12.0 Å². The number of fused-ring (bicyclic) bond motifs is 1. The van der Waals surface area contributed by atoms with Gasteiger partial charge in [-0.2, -0.15) is 9.97 Å². The number of anilines is 1. The molecular weight excluding hydrogens is 366 g/mol. The Morgan fingerprint density at radius 3 is 2.46 bits per heavy atom. The Hall–Kier alpha value is -2.99. The van der Waals surface area contributed by atoms with Crippen LogP contribution in [0.4, 0.5) is 10.7 Å². The number of ether oxygens (including phenoxy) is 3. The molecule has 12 heteroatoms. The van der Waals surface area contributed by atoms with Gasteiger partial charge in [0.1, 0.15) is 0 Å². The van der Waals surface area contributed by atoms with E-state index < -0.39 is 16.1 Å². The molecule has 0 bridgehead atoms. The normalized spacial score (nSPS) is 13.0. The van der Waals surface area contributed by atoms with Crippen molar-refractivity contribution in [1.82, 2.24) is 19.7 Å². The van der Waals surface area contributed by atoms with Gasteiger partial charge in [0.15, 0.2) is 0 Å². The number of nitrogens with one attached hydrogen (secondary N) is 2. The summed E-state index contributed by atoms with van der Waals surface area (Å²) in [6.45, 7) is 0.491. The first-order valence-corrected chi connectivity index (χ1v) is 8.77. The molecule has 0 unspecified atom stereocenters. The van der Waals surface area contributed by atoms with E-state index in [2.05, 4.69) is 20.3 Å². The van der Waals surface area contributed by atoms with Gasteiger partial charge in [-0.25, -0.2) is 17.9 Å². The van der Waals surface area contributed by atoms with Crippen LogP contribution in [-0.2, 0) is 28.0 Å². The number of nitrogens with zero attached hydrogens (tertiary/aromatic N) is 3. The van der Waals surface area contributed by atoms with Crippen LogP contribution in [0.2, 0.25) is 0 Å². The maximum atomic E-state index is 12.5. The van der Waals surface area contributed by atoms with Crippen LogP contribution in [0.5, 0.6) is 12.0 Å². The second-order valence-electron chi connectivity index (χ2n) is 5.08. The minimum absolute atomic E-state index is 0.0199. The monoisotopic (exact) mass is 381 g/mol. The zero-order valence-electron chi connectivity index (χ0n) is 13.8. The molecule has 1 aliphatic rings. The predicted octanol–water partition coefficient (Wildman–Crippen LogP) is 0.429. The van der Waals surface area contributed by atoms with E-state index >= 15 is 0 Å². The molecule has 0 radical (unpaired) electrons. The fourth-order valence-electron chi connectivity index (χ4n) is 2.31. The molecule has 1 aromatic carbocycles. The summed E-state index contributed by atoms with van der Waals surface area (Å²) in [5, 5.41) is 2.20. The average Bonchev–Trinajstić information content (AvgIpc) is 3.09. The maximum absolute atomic E-state index is 12.5. The van der Waals surface area contributed by atoms with Crippen molar-refractivity contribution in [2.24, 2.45) is 0 Å². The van der Waals surface area contributed by atoms with Crippen LogP contribution >= 0.6 is 0 Å². The van der Waals surface area contributed by atoms with E-state index in [0.29, 0.717) is 12.2 Å². The van der Waals surface area contributed by atoms with Crippen molar-refractivity contribution in [3.05, 3.63) is 29.3 Å². The maximum Gasteiger partial charge on any atom is 0.335 e. The number of hydrogen-bond acceptors (Lipinski definition) is 9. The van der Waals surface area contributed by atoms with Crippen LogP contribution < -0.4 is 19.5 Å². The van der Waals surface area contributed by atoms with Crippen molar-refractivity contribution in [3.63, 3.8) is 0 Å². The predicted molar refractivity (Wildman–Crippen MR) is 87.2 cm³/mol. The number of urea groups is 1. The van der Waals surface area contributed by atoms with Crippen LogP contribution in [0.3, 0.4) is 0 Å². The lowest BCUT2D eigenvalue weighted by molar-refractivity contribution is 0.133. The summed E-state index contributed by atoms with van der Waals surface area (Å²) in [5.41, 5.74) is 1.29. The smallest absolute Gasteiger partial charge is 0.335 e. The SMILES string of the molecule is COc1nc(NC(=O)NS(=O)(=O)c2cccc3c2COC3)nc(OC)n1. The second-order valence-corrected chi connectivity index (χ2v) is 6.73. The van der Waals surface area contributed by atoms with E-state index in [1.165, 1.54) is 20.3 Å². The molecule has 2 heterocycles. The molecule has 3 rings (SSSR count). The number of hydrogen-bond donors (Lipinski definition) is 2. The van der Waals surface area contributed by atoms with Gasteiger partial charge in [-0.3, -0.25) is 5.32 Å². The summed E-state index contributed by atoms with van der Waals surface area (Å²) in [6.07, 6.45) is 0. The lowest BCUT2D eigenvalue weighted by Gasteiger charge is -2.11. The van der Waals surface area contributed by atoms with Crippen LogP contribution in [0, 0.1) is 0 Å². The number of carbonyl (C=O) groups excluding carboxylic acids is 1. The third-order valence-corrected chi connectivity index (χ3v) is 4.85. The summed E-state index contributed by atoms with van der Waals surface area (Å²) in [7, 11) is -1.47. The molecule has 2 aromatic rings. The Bertz CT molecular complexity index is 927. The first kappa shape index (κ1) is 17.8. The molecule has 11 nitrogen and oxygen atoms in total. The highest BCUT2D eigenvalue weighted by molar-refractivity contribution is 7.90. The Morgan fingerprint density at radius 1 is 1.12 bits per heavy atom. The van der Waals surface area contributed by atoms with Gasteiger partial charge in [0.25, 0.3) is 10.0 Å².